The van der Waals surface area contributed by atoms with Gasteiger partial charge in [0, 0.05) is 40.7 Å². The molecule has 3 heterocycles. The molecule has 2 amide bonds. The van der Waals surface area contributed by atoms with Crippen molar-refractivity contribution in [3.05, 3.63) is 86.8 Å². The zero-order chi connectivity index (χ0) is 28.2. The first-order valence-corrected chi connectivity index (χ1v) is 14.1. The average Bonchev–Trinajstić information content (AvgIpc) is 2.94. The molecule has 3 N–H and O–H groups in total. The van der Waals surface area contributed by atoms with Gasteiger partial charge in [-0.25, -0.2) is 0 Å². The Bertz CT molecular complexity index is 1450. The molecule has 1 aromatic heterocycles. The Labute approximate surface area is 238 Å². The fourth-order valence-corrected chi connectivity index (χ4v) is 5.67. The third-order valence-corrected chi connectivity index (χ3v) is 7.90. The normalized spacial score (nSPS) is 19.4. The van der Waals surface area contributed by atoms with Gasteiger partial charge in [-0.15, -0.1) is 0 Å². The molecule has 0 spiro atoms. The number of hydrogen-bond acceptors (Lipinski definition) is 5. The van der Waals surface area contributed by atoms with Crippen LogP contribution in [-0.2, 0) is 27.3 Å². The molecule has 0 bridgehead atoms. The number of amides is 2. The van der Waals surface area contributed by atoms with Crippen molar-refractivity contribution in [1.29, 1.82) is 0 Å². The van der Waals surface area contributed by atoms with Crippen molar-refractivity contribution in [2.24, 2.45) is 5.73 Å². The second-order valence-corrected chi connectivity index (χ2v) is 11.0. The molecule has 2 aliphatic heterocycles. The number of primary amides is 1. The van der Waals surface area contributed by atoms with Gasteiger partial charge < -0.3 is 25.1 Å². The van der Waals surface area contributed by atoms with Gasteiger partial charge in [-0.3, -0.25) is 14.4 Å². The minimum absolute atomic E-state index is 0.0284. The van der Waals surface area contributed by atoms with E-state index in [-0.39, 0.29) is 23.7 Å². The van der Waals surface area contributed by atoms with E-state index in [1.54, 1.807) is 36.5 Å². The summed E-state index contributed by atoms with van der Waals surface area (Å²) < 4.78 is 13.5. The molecule has 8 nitrogen and oxygen atoms in total. The lowest BCUT2D eigenvalue weighted by Crippen LogP contribution is -2.35. The summed E-state index contributed by atoms with van der Waals surface area (Å²) in [6.45, 7) is 3.03. The van der Waals surface area contributed by atoms with Crippen LogP contribution in [0, 0.1) is 0 Å². The SMILES string of the molecule is C[C@@H]1Cc2ccc(Cl)cc2-c2cc(=O)n([C@@H](CC[C@@H]3CCCCO3)C(=O)Nc3ccc(C(N)=O)cc3)cc2CO1. The number of aromatic nitrogens is 1. The van der Waals surface area contributed by atoms with Crippen molar-refractivity contribution in [2.75, 3.05) is 11.9 Å². The number of rotatable bonds is 7. The Morgan fingerprint density at radius 2 is 1.85 bits per heavy atom. The number of nitrogens with zero attached hydrogens (tertiary/aromatic N) is 1. The summed E-state index contributed by atoms with van der Waals surface area (Å²) in [6, 6.07) is 12.9. The molecule has 0 aliphatic carbocycles. The van der Waals surface area contributed by atoms with Crippen LogP contribution in [0.3, 0.4) is 0 Å². The average molecular weight is 564 g/mol. The van der Waals surface area contributed by atoms with Crippen molar-refractivity contribution in [1.82, 2.24) is 4.57 Å². The second-order valence-electron chi connectivity index (χ2n) is 10.6. The van der Waals surface area contributed by atoms with Gasteiger partial charge in [0.1, 0.15) is 6.04 Å². The Morgan fingerprint density at radius 3 is 2.58 bits per heavy atom. The maximum atomic E-state index is 13.7. The smallest absolute Gasteiger partial charge is 0.251 e. The summed E-state index contributed by atoms with van der Waals surface area (Å²) >= 11 is 6.35. The van der Waals surface area contributed by atoms with Crippen molar-refractivity contribution in [3.63, 3.8) is 0 Å². The lowest BCUT2D eigenvalue weighted by molar-refractivity contribution is -0.119. The summed E-state index contributed by atoms with van der Waals surface area (Å²) in [5.41, 5.74) is 9.46. The van der Waals surface area contributed by atoms with Gasteiger partial charge in [0.05, 0.1) is 18.8 Å². The molecule has 5 rings (SSSR count). The van der Waals surface area contributed by atoms with E-state index in [2.05, 4.69) is 5.32 Å². The van der Waals surface area contributed by atoms with Gasteiger partial charge in [-0.2, -0.15) is 0 Å². The van der Waals surface area contributed by atoms with Gasteiger partial charge in [0.2, 0.25) is 11.8 Å². The zero-order valence-corrected chi connectivity index (χ0v) is 23.3. The third kappa shape index (κ3) is 6.46. The number of benzene rings is 2. The fraction of sp³-hybridized carbons (Fsp3) is 0.387. The highest BCUT2D eigenvalue weighted by Gasteiger charge is 2.27. The summed E-state index contributed by atoms with van der Waals surface area (Å²) in [5, 5.41) is 3.51. The number of pyridine rings is 1. The van der Waals surface area contributed by atoms with E-state index < -0.39 is 11.9 Å². The van der Waals surface area contributed by atoms with E-state index in [9.17, 15) is 14.4 Å². The largest absolute Gasteiger partial charge is 0.378 e. The number of ether oxygens (including phenoxy) is 2. The molecule has 40 heavy (non-hydrogen) atoms. The Hall–Kier alpha value is -3.46. The number of nitrogens with one attached hydrogen (secondary N) is 1. The Balaban J connectivity index is 1.50. The van der Waals surface area contributed by atoms with E-state index in [0.29, 0.717) is 48.7 Å². The molecule has 3 atom stereocenters. The maximum absolute atomic E-state index is 13.7. The number of carbonyl (C=O) groups is 2. The Morgan fingerprint density at radius 1 is 1.07 bits per heavy atom. The molecule has 2 aromatic carbocycles. The number of hydrogen-bond donors (Lipinski definition) is 2. The number of anilines is 1. The highest BCUT2D eigenvalue weighted by atomic mass is 35.5. The Kier molecular flexibility index (Phi) is 8.69. The summed E-state index contributed by atoms with van der Waals surface area (Å²) in [4.78, 5) is 38.8. The lowest BCUT2D eigenvalue weighted by atomic mass is 9.92. The van der Waals surface area contributed by atoms with E-state index in [1.807, 2.05) is 25.1 Å². The fourth-order valence-electron chi connectivity index (χ4n) is 5.50. The topological polar surface area (TPSA) is 113 Å². The van der Waals surface area contributed by atoms with Crippen LogP contribution in [-0.4, -0.2) is 35.2 Å². The minimum atomic E-state index is -0.777. The molecular formula is C31H34ClN3O5. The lowest BCUT2D eigenvalue weighted by Gasteiger charge is -2.27. The molecule has 3 aromatic rings. The predicted octanol–water partition coefficient (Wildman–Crippen LogP) is 5.26. The molecule has 2 aliphatic rings. The van der Waals surface area contributed by atoms with Crippen molar-refractivity contribution >= 4 is 29.1 Å². The van der Waals surface area contributed by atoms with Crippen LogP contribution in [0.2, 0.25) is 5.02 Å². The molecule has 1 fully saturated rings. The molecule has 0 unspecified atom stereocenters. The minimum Gasteiger partial charge on any atom is -0.378 e. The van der Waals surface area contributed by atoms with Gasteiger partial charge >= 0.3 is 0 Å². The number of carbonyl (C=O) groups excluding carboxylic acids is 2. The van der Waals surface area contributed by atoms with Crippen molar-refractivity contribution in [2.45, 2.75) is 70.3 Å². The van der Waals surface area contributed by atoms with Crippen LogP contribution in [0.4, 0.5) is 5.69 Å². The van der Waals surface area contributed by atoms with Gasteiger partial charge in [-0.1, -0.05) is 17.7 Å². The van der Waals surface area contributed by atoms with E-state index in [0.717, 1.165) is 41.5 Å². The molecular weight excluding hydrogens is 530 g/mol. The molecule has 9 heteroatoms. The molecule has 0 radical (unpaired) electrons. The monoisotopic (exact) mass is 563 g/mol. The van der Waals surface area contributed by atoms with Gasteiger partial charge in [0.25, 0.3) is 5.56 Å². The van der Waals surface area contributed by atoms with Crippen molar-refractivity contribution < 1.29 is 19.1 Å². The van der Waals surface area contributed by atoms with Crippen LogP contribution in [0.5, 0.6) is 0 Å². The van der Waals surface area contributed by atoms with Gasteiger partial charge in [0.15, 0.2) is 0 Å². The quantitative estimate of drug-likeness (QED) is 0.407. The first-order valence-electron chi connectivity index (χ1n) is 13.8. The highest BCUT2D eigenvalue weighted by molar-refractivity contribution is 6.30. The first kappa shape index (κ1) is 28.1. The van der Waals surface area contributed by atoms with Crippen LogP contribution >= 0.6 is 11.6 Å². The van der Waals surface area contributed by atoms with Crippen LogP contribution in [0.25, 0.3) is 11.1 Å². The molecule has 0 saturated carbocycles. The standard InChI is InChI=1S/C31H34ClN3O5/c1-19-14-21-5-8-23(32)15-26(21)27-16-29(36)35(17-22(27)18-40-19)28(12-11-25-4-2-3-13-39-25)31(38)34-24-9-6-20(7-10-24)30(33)37/h5-10,15-17,19,25,28H,2-4,11-14,18H2,1H3,(H2,33,37)(H,34,38)/t19-,25+,28+/m1/s1. The van der Waals surface area contributed by atoms with Crippen LogP contribution in [0.15, 0.2) is 59.5 Å². The summed E-state index contributed by atoms with van der Waals surface area (Å²) in [7, 11) is 0. The first-order chi connectivity index (χ1) is 19.3. The predicted molar refractivity (Wildman–Crippen MR) is 155 cm³/mol. The zero-order valence-electron chi connectivity index (χ0n) is 22.5. The van der Waals surface area contributed by atoms with Crippen molar-refractivity contribution in [3.8, 4) is 11.1 Å². The van der Waals surface area contributed by atoms with Crippen LogP contribution in [0.1, 0.15) is 66.6 Å². The van der Waals surface area contributed by atoms with E-state index in [1.165, 1.54) is 4.57 Å². The summed E-state index contributed by atoms with van der Waals surface area (Å²) in [5.74, 6) is -0.872. The maximum Gasteiger partial charge on any atom is 0.251 e. The second kappa shape index (κ2) is 12.4. The molecule has 210 valence electrons. The molecule has 1 saturated heterocycles. The highest BCUT2D eigenvalue weighted by Crippen LogP contribution is 2.33. The summed E-state index contributed by atoms with van der Waals surface area (Å²) in [6.07, 6.45) is 6.61. The number of halogens is 1. The van der Waals surface area contributed by atoms with Gasteiger partial charge in [-0.05, 0) is 98.5 Å². The van der Waals surface area contributed by atoms with E-state index in [4.69, 9.17) is 26.8 Å². The van der Waals surface area contributed by atoms with Crippen LogP contribution < -0.4 is 16.6 Å². The van der Waals surface area contributed by atoms with E-state index >= 15 is 0 Å². The number of nitrogens with two attached hydrogens (primary N) is 1. The third-order valence-electron chi connectivity index (χ3n) is 7.67. The number of fused-ring (bicyclic) bond motifs is 3.